The number of H-pyrrole nitrogens is 1. The number of aryl methyl sites for hydroxylation is 1. The van der Waals surface area contributed by atoms with Gasteiger partial charge < -0.3 is 19.8 Å². The maximum absolute atomic E-state index is 12.8. The van der Waals surface area contributed by atoms with E-state index >= 15 is 0 Å². The molecule has 7 nitrogen and oxygen atoms in total. The molecule has 2 heterocycles. The number of hydrogen-bond donors (Lipinski definition) is 2. The Morgan fingerprint density at radius 2 is 1.90 bits per heavy atom. The summed E-state index contributed by atoms with van der Waals surface area (Å²) in [5.74, 6) is 0.920. The molecular weight excluding hydrogens is 414 g/mol. The third-order valence-electron chi connectivity index (χ3n) is 4.94. The quantitative estimate of drug-likeness (QED) is 0.492. The molecule has 0 fully saturated rings. The van der Waals surface area contributed by atoms with Crippen LogP contribution in [0.2, 0.25) is 0 Å². The number of para-hydroxylation sites is 1. The van der Waals surface area contributed by atoms with Crippen LogP contribution in [-0.2, 0) is 4.74 Å². The van der Waals surface area contributed by atoms with Gasteiger partial charge in [-0.05, 0) is 53.2 Å². The van der Waals surface area contributed by atoms with Crippen molar-refractivity contribution < 1.29 is 14.3 Å². The van der Waals surface area contributed by atoms with Crippen LogP contribution in [0.5, 0.6) is 5.75 Å². The molecule has 0 bridgehead atoms. The fourth-order valence-corrected chi connectivity index (χ4v) is 4.58. The van der Waals surface area contributed by atoms with Crippen molar-refractivity contribution in [3.63, 3.8) is 0 Å². The van der Waals surface area contributed by atoms with Gasteiger partial charge in [0.1, 0.15) is 21.3 Å². The molecule has 0 radical (unpaired) electrons. The van der Waals surface area contributed by atoms with Crippen LogP contribution in [0, 0.1) is 6.92 Å². The van der Waals surface area contributed by atoms with E-state index in [4.69, 9.17) is 9.47 Å². The van der Waals surface area contributed by atoms with Crippen molar-refractivity contribution in [2.75, 3.05) is 6.61 Å². The van der Waals surface area contributed by atoms with Crippen LogP contribution in [0.15, 0.2) is 29.1 Å². The Balaban J connectivity index is 1.89. The van der Waals surface area contributed by atoms with Gasteiger partial charge in [0.15, 0.2) is 0 Å². The highest BCUT2D eigenvalue weighted by molar-refractivity contribution is 7.20. The van der Waals surface area contributed by atoms with Gasteiger partial charge in [-0.1, -0.05) is 18.2 Å². The van der Waals surface area contributed by atoms with Gasteiger partial charge in [0.25, 0.3) is 5.56 Å². The third-order valence-corrected chi connectivity index (χ3v) is 6.10. The molecule has 2 atom stereocenters. The molecule has 8 heteroatoms. The molecule has 2 aromatic heterocycles. The van der Waals surface area contributed by atoms with Crippen molar-refractivity contribution >= 4 is 27.5 Å². The highest BCUT2D eigenvalue weighted by Crippen LogP contribution is 2.30. The number of nitrogens with one attached hydrogen (secondary N) is 2. The van der Waals surface area contributed by atoms with E-state index in [-0.39, 0.29) is 30.4 Å². The van der Waals surface area contributed by atoms with Crippen molar-refractivity contribution in [1.29, 1.82) is 0 Å². The van der Waals surface area contributed by atoms with E-state index in [0.717, 1.165) is 11.3 Å². The summed E-state index contributed by atoms with van der Waals surface area (Å²) in [6.45, 7) is 11.8. The molecule has 0 aliphatic heterocycles. The lowest BCUT2D eigenvalue weighted by Crippen LogP contribution is -2.26. The van der Waals surface area contributed by atoms with Gasteiger partial charge in [0.05, 0.1) is 24.1 Å². The fourth-order valence-electron chi connectivity index (χ4n) is 3.50. The Labute approximate surface area is 185 Å². The number of ether oxygens (including phenoxy) is 2. The predicted octanol–water partition coefficient (Wildman–Crippen LogP) is 4.67. The van der Waals surface area contributed by atoms with E-state index in [1.54, 1.807) is 13.8 Å². The Bertz CT molecular complexity index is 1140. The zero-order valence-electron chi connectivity index (χ0n) is 18.7. The lowest BCUT2D eigenvalue weighted by atomic mass is 10.1. The molecule has 3 rings (SSSR count). The summed E-state index contributed by atoms with van der Waals surface area (Å²) in [5.41, 5.74) is 1.38. The average Bonchev–Trinajstić information content (AvgIpc) is 3.05. The van der Waals surface area contributed by atoms with E-state index in [1.807, 2.05) is 52.0 Å². The summed E-state index contributed by atoms with van der Waals surface area (Å²) in [7, 11) is 0. The first-order chi connectivity index (χ1) is 14.7. The highest BCUT2D eigenvalue weighted by atomic mass is 32.1. The Hall–Kier alpha value is -2.71. The van der Waals surface area contributed by atoms with Crippen LogP contribution >= 0.6 is 11.3 Å². The van der Waals surface area contributed by atoms with E-state index in [2.05, 4.69) is 15.3 Å². The van der Waals surface area contributed by atoms with Crippen LogP contribution in [0.25, 0.3) is 10.2 Å². The summed E-state index contributed by atoms with van der Waals surface area (Å²) < 4.78 is 11.0. The molecule has 166 valence electrons. The number of nitrogens with zero attached hydrogens (tertiary/aromatic N) is 1. The maximum Gasteiger partial charge on any atom is 0.348 e. The maximum atomic E-state index is 12.8. The number of esters is 1. The summed E-state index contributed by atoms with van der Waals surface area (Å²) in [4.78, 5) is 33.4. The second-order valence-electron chi connectivity index (χ2n) is 7.72. The predicted molar refractivity (Wildman–Crippen MR) is 123 cm³/mol. The number of benzene rings is 1. The molecular formula is C23H29N3O4S. The van der Waals surface area contributed by atoms with E-state index in [9.17, 15) is 9.59 Å². The van der Waals surface area contributed by atoms with Crippen LogP contribution in [0.4, 0.5) is 0 Å². The molecule has 0 spiro atoms. The molecule has 0 saturated heterocycles. The van der Waals surface area contributed by atoms with Gasteiger partial charge in [-0.15, -0.1) is 11.3 Å². The number of hydrogen-bond acceptors (Lipinski definition) is 7. The summed E-state index contributed by atoms with van der Waals surface area (Å²) >= 11 is 1.19. The van der Waals surface area contributed by atoms with E-state index in [0.29, 0.717) is 26.5 Å². The number of aromatic amines is 1. The van der Waals surface area contributed by atoms with Gasteiger partial charge >= 0.3 is 5.97 Å². The molecule has 0 aliphatic rings. The normalized spacial score (nSPS) is 13.4. The topological polar surface area (TPSA) is 93.3 Å². The van der Waals surface area contributed by atoms with Crippen molar-refractivity contribution in [3.8, 4) is 5.75 Å². The molecule has 0 saturated carbocycles. The molecule has 3 aromatic rings. The first-order valence-electron chi connectivity index (χ1n) is 10.4. The van der Waals surface area contributed by atoms with Crippen molar-refractivity contribution in [2.24, 2.45) is 0 Å². The van der Waals surface area contributed by atoms with Gasteiger partial charge in [-0.2, -0.15) is 0 Å². The molecule has 0 aliphatic carbocycles. The lowest BCUT2D eigenvalue weighted by molar-refractivity contribution is 0.0531. The number of aromatic nitrogens is 2. The van der Waals surface area contributed by atoms with Crippen LogP contribution in [0.1, 0.15) is 73.3 Å². The number of carbonyl (C=O) groups is 1. The largest absolute Gasteiger partial charge is 0.491 e. The molecule has 2 unspecified atom stereocenters. The second-order valence-corrected chi connectivity index (χ2v) is 8.72. The zero-order valence-corrected chi connectivity index (χ0v) is 19.6. The fraction of sp³-hybridized carbons (Fsp3) is 0.435. The van der Waals surface area contributed by atoms with Gasteiger partial charge in [-0.3, -0.25) is 4.79 Å². The molecule has 2 N–H and O–H groups in total. The van der Waals surface area contributed by atoms with E-state index < -0.39 is 5.97 Å². The smallest absolute Gasteiger partial charge is 0.348 e. The Morgan fingerprint density at radius 1 is 1.19 bits per heavy atom. The Kier molecular flexibility index (Phi) is 7.12. The van der Waals surface area contributed by atoms with Crippen LogP contribution in [0.3, 0.4) is 0 Å². The van der Waals surface area contributed by atoms with Gasteiger partial charge in [0, 0.05) is 11.6 Å². The van der Waals surface area contributed by atoms with Gasteiger partial charge in [-0.25, -0.2) is 9.78 Å². The zero-order chi connectivity index (χ0) is 22.7. The summed E-state index contributed by atoms with van der Waals surface area (Å²) in [5, 5.41) is 3.92. The molecule has 31 heavy (non-hydrogen) atoms. The second kappa shape index (κ2) is 9.62. The minimum absolute atomic E-state index is 0.0360. The van der Waals surface area contributed by atoms with E-state index in [1.165, 1.54) is 11.3 Å². The lowest BCUT2D eigenvalue weighted by Gasteiger charge is -2.23. The van der Waals surface area contributed by atoms with Crippen LogP contribution in [-0.4, -0.2) is 28.6 Å². The first-order valence-corrected chi connectivity index (χ1v) is 11.3. The number of fused-ring (bicyclic) bond motifs is 1. The minimum atomic E-state index is -0.425. The Morgan fingerprint density at radius 3 is 2.58 bits per heavy atom. The minimum Gasteiger partial charge on any atom is -0.491 e. The molecule has 0 amide bonds. The SMILES string of the molecule is CCOC(=O)c1sc2nc(C(C)NC(C)c3ccccc3OC(C)C)[nH]c(=O)c2c1C. The number of carbonyl (C=O) groups excluding carboxylic acids is 1. The first kappa shape index (κ1) is 23.0. The van der Waals surface area contributed by atoms with Crippen molar-refractivity contribution in [1.82, 2.24) is 15.3 Å². The standard InChI is InChI=1S/C23H29N3O4S/c1-7-29-23(28)19-13(4)18-21(27)25-20(26-22(18)31-19)15(6)24-14(5)16-10-8-9-11-17(16)30-12(2)3/h8-12,14-15,24H,7H2,1-6H3,(H,25,26,27). The number of thiophene rings is 1. The van der Waals surface area contributed by atoms with Gasteiger partial charge in [0.2, 0.25) is 0 Å². The number of rotatable bonds is 8. The summed E-state index contributed by atoms with van der Waals surface area (Å²) in [6.07, 6.45) is 0.0712. The monoisotopic (exact) mass is 443 g/mol. The molecule has 1 aromatic carbocycles. The average molecular weight is 444 g/mol. The third kappa shape index (κ3) is 4.97. The van der Waals surface area contributed by atoms with Crippen LogP contribution < -0.4 is 15.6 Å². The highest BCUT2D eigenvalue weighted by Gasteiger charge is 2.22. The van der Waals surface area contributed by atoms with Crippen molar-refractivity contribution in [3.05, 3.63) is 56.4 Å². The summed E-state index contributed by atoms with van der Waals surface area (Å²) in [6, 6.07) is 7.64. The van der Waals surface area contributed by atoms with Crippen molar-refractivity contribution in [2.45, 2.75) is 59.7 Å².